The van der Waals surface area contributed by atoms with Gasteiger partial charge in [0.1, 0.15) is 5.65 Å². The number of ether oxygens (including phenoxy) is 1. The third-order valence-corrected chi connectivity index (χ3v) is 5.87. The smallest absolute Gasteiger partial charge is 0.191 e. The summed E-state index contributed by atoms with van der Waals surface area (Å²) in [7, 11) is 1.82. The molecule has 1 fully saturated rings. The molecule has 6 nitrogen and oxygen atoms in total. The van der Waals surface area contributed by atoms with E-state index in [-0.39, 0.29) is 24.0 Å². The minimum Gasteiger partial charge on any atom is -0.382 e. The van der Waals surface area contributed by atoms with Gasteiger partial charge in [0.15, 0.2) is 5.96 Å². The van der Waals surface area contributed by atoms with Crippen molar-refractivity contribution in [3.63, 3.8) is 0 Å². The maximum Gasteiger partial charge on any atom is 0.191 e. The van der Waals surface area contributed by atoms with E-state index < -0.39 is 0 Å². The summed E-state index contributed by atoms with van der Waals surface area (Å²) in [4.78, 5) is 9.02. The Bertz CT molecular complexity index is 773. The summed E-state index contributed by atoms with van der Waals surface area (Å²) in [5.41, 5.74) is 2.27. The fraction of sp³-hybridized carbons (Fsp3) is 0.600. The number of imidazole rings is 1. The van der Waals surface area contributed by atoms with Crippen LogP contribution in [0.2, 0.25) is 0 Å². The molecule has 0 unspecified atom stereocenters. The summed E-state index contributed by atoms with van der Waals surface area (Å²) in [6.45, 7) is 5.29. The van der Waals surface area contributed by atoms with Gasteiger partial charge in [-0.05, 0) is 59.7 Å². The molecule has 0 spiro atoms. The van der Waals surface area contributed by atoms with Crippen LogP contribution in [-0.4, -0.2) is 42.2 Å². The lowest BCUT2D eigenvalue weighted by Gasteiger charge is -2.30. The van der Waals surface area contributed by atoms with Crippen LogP contribution in [0.25, 0.3) is 5.65 Å². The Morgan fingerprint density at radius 1 is 1.29 bits per heavy atom. The summed E-state index contributed by atoms with van der Waals surface area (Å²) < 4.78 is 8.67. The molecule has 2 aromatic rings. The first-order valence-corrected chi connectivity index (χ1v) is 10.6. The van der Waals surface area contributed by atoms with Crippen molar-refractivity contribution in [2.75, 3.05) is 26.8 Å². The highest BCUT2D eigenvalue weighted by atomic mass is 127. The Morgan fingerprint density at radius 2 is 2.07 bits per heavy atom. The van der Waals surface area contributed by atoms with E-state index in [4.69, 9.17) is 4.74 Å². The number of pyridine rings is 1. The average molecular weight is 564 g/mol. The molecular formula is C20H31BrIN5O. The van der Waals surface area contributed by atoms with E-state index in [1.165, 1.54) is 25.7 Å². The second-order valence-corrected chi connectivity index (χ2v) is 8.19. The predicted octanol–water partition coefficient (Wildman–Crippen LogP) is 4.37. The van der Waals surface area contributed by atoms with E-state index >= 15 is 0 Å². The number of hydrogen-bond donors (Lipinski definition) is 2. The van der Waals surface area contributed by atoms with Crippen molar-refractivity contribution in [1.82, 2.24) is 20.0 Å². The lowest BCUT2D eigenvalue weighted by molar-refractivity contribution is 0.105. The molecule has 1 saturated carbocycles. The normalized spacial score (nSPS) is 16.2. The molecule has 0 saturated heterocycles. The van der Waals surface area contributed by atoms with Crippen molar-refractivity contribution in [2.24, 2.45) is 10.4 Å². The fourth-order valence-corrected chi connectivity index (χ4v) is 4.19. The lowest BCUT2D eigenvalue weighted by atomic mass is 9.83. The number of nitrogens with one attached hydrogen (secondary N) is 2. The Labute approximate surface area is 193 Å². The number of rotatable bonds is 8. The molecule has 1 aliphatic rings. The Kier molecular flexibility index (Phi) is 9.49. The van der Waals surface area contributed by atoms with Gasteiger partial charge in [0, 0.05) is 43.7 Å². The Hall–Kier alpha value is -0.870. The van der Waals surface area contributed by atoms with Crippen LogP contribution in [0, 0.1) is 5.41 Å². The van der Waals surface area contributed by atoms with Crippen LogP contribution in [0.15, 0.2) is 34.0 Å². The van der Waals surface area contributed by atoms with Crippen LogP contribution >= 0.6 is 39.9 Å². The van der Waals surface area contributed by atoms with Crippen LogP contribution < -0.4 is 10.6 Å². The van der Waals surface area contributed by atoms with E-state index in [2.05, 4.69) is 43.5 Å². The molecule has 156 valence electrons. The number of hydrogen-bond acceptors (Lipinski definition) is 3. The van der Waals surface area contributed by atoms with E-state index in [1.54, 1.807) is 0 Å². The second kappa shape index (κ2) is 11.3. The number of aromatic nitrogens is 2. The number of fused-ring (bicyclic) bond motifs is 1. The molecule has 0 bridgehead atoms. The van der Waals surface area contributed by atoms with E-state index in [1.807, 2.05) is 36.0 Å². The van der Waals surface area contributed by atoms with Crippen LogP contribution in [0.4, 0.5) is 0 Å². The summed E-state index contributed by atoms with van der Waals surface area (Å²) >= 11 is 3.49. The van der Waals surface area contributed by atoms with Gasteiger partial charge in [-0.3, -0.25) is 4.99 Å². The highest BCUT2D eigenvalue weighted by molar-refractivity contribution is 14.0. The number of aliphatic imine (C=N–C) groups is 1. The molecule has 0 amide bonds. The van der Waals surface area contributed by atoms with Crippen LogP contribution in [0.5, 0.6) is 0 Å². The molecule has 2 aromatic heterocycles. The highest BCUT2D eigenvalue weighted by Gasteiger charge is 2.33. The monoisotopic (exact) mass is 563 g/mol. The molecular weight excluding hydrogens is 533 g/mol. The lowest BCUT2D eigenvalue weighted by Crippen LogP contribution is -2.43. The van der Waals surface area contributed by atoms with Crippen LogP contribution in [-0.2, 0) is 11.3 Å². The van der Waals surface area contributed by atoms with Crippen molar-refractivity contribution in [1.29, 1.82) is 0 Å². The molecule has 8 heteroatoms. The fourth-order valence-electron chi connectivity index (χ4n) is 3.84. The van der Waals surface area contributed by atoms with Gasteiger partial charge < -0.3 is 19.8 Å². The summed E-state index contributed by atoms with van der Waals surface area (Å²) in [5, 5.41) is 6.92. The SMILES string of the molecule is CCOCCC1(CNC(=NC)NCc2cn3cc(Br)ccc3n2)CCCC1.I. The molecule has 1 aliphatic carbocycles. The van der Waals surface area contributed by atoms with Gasteiger partial charge in [0.25, 0.3) is 0 Å². The standard InChI is InChI=1S/C20H30BrN5O.HI/c1-3-27-11-10-20(8-4-5-9-20)15-24-19(22-2)23-12-17-14-26-13-16(21)6-7-18(26)25-17;/h6-7,13-14H,3-5,8-12,15H2,1-2H3,(H2,22,23,24);1H. The first-order chi connectivity index (χ1) is 13.1. The van der Waals surface area contributed by atoms with E-state index in [0.717, 1.165) is 48.0 Å². The molecule has 0 aliphatic heterocycles. The van der Waals surface area contributed by atoms with Crippen molar-refractivity contribution >= 4 is 51.5 Å². The first kappa shape index (κ1) is 23.4. The highest BCUT2D eigenvalue weighted by Crippen LogP contribution is 2.40. The molecule has 2 N–H and O–H groups in total. The van der Waals surface area contributed by atoms with E-state index in [0.29, 0.717) is 12.0 Å². The van der Waals surface area contributed by atoms with Gasteiger partial charge in [-0.1, -0.05) is 12.8 Å². The van der Waals surface area contributed by atoms with Gasteiger partial charge >= 0.3 is 0 Å². The molecule has 0 atom stereocenters. The van der Waals surface area contributed by atoms with Gasteiger partial charge in [-0.2, -0.15) is 0 Å². The maximum absolute atomic E-state index is 5.61. The van der Waals surface area contributed by atoms with Gasteiger partial charge in [-0.25, -0.2) is 4.98 Å². The second-order valence-electron chi connectivity index (χ2n) is 7.28. The molecule has 28 heavy (non-hydrogen) atoms. The van der Waals surface area contributed by atoms with Crippen molar-refractivity contribution < 1.29 is 4.74 Å². The van der Waals surface area contributed by atoms with Crippen molar-refractivity contribution in [3.05, 3.63) is 34.7 Å². The zero-order chi connectivity index (χ0) is 19.1. The minimum atomic E-state index is 0. The van der Waals surface area contributed by atoms with Gasteiger partial charge in [0.05, 0.1) is 12.2 Å². The van der Waals surface area contributed by atoms with Gasteiger partial charge in [-0.15, -0.1) is 24.0 Å². The Morgan fingerprint density at radius 3 is 2.79 bits per heavy atom. The average Bonchev–Trinajstić information content (AvgIpc) is 3.29. The topological polar surface area (TPSA) is 63.0 Å². The number of guanidine groups is 1. The zero-order valence-electron chi connectivity index (χ0n) is 16.7. The number of nitrogens with zero attached hydrogens (tertiary/aromatic N) is 3. The summed E-state index contributed by atoms with van der Waals surface area (Å²) in [5.74, 6) is 0.830. The summed E-state index contributed by atoms with van der Waals surface area (Å²) in [6, 6.07) is 4.01. The zero-order valence-corrected chi connectivity index (χ0v) is 20.6. The molecule has 0 radical (unpaired) electrons. The van der Waals surface area contributed by atoms with Crippen molar-refractivity contribution in [2.45, 2.75) is 45.6 Å². The third kappa shape index (κ3) is 6.32. The van der Waals surface area contributed by atoms with Gasteiger partial charge in [0.2, 0.25) is 0 Å². The summed E-state index contributed by atoms with van der Waals surface area (Å²) in [6.07, 6.45) is 10.3. The Balaban J connectivity index is 0.00000280. The van der Waals surface area contributed by atoms with Crippen molar-refractivity contribution in [3.8, 4) is 0 Å². The van der Waals surface area contributed by atoms with Crippen LogP contribution in [0.1, 0.15) is 44.7 Å². The van der Waals surface area contributed by atoms with Crippen LogP contribution in [0.3, 0.4) is 0 Å². The third-order valence-electron chi connectivity index (χ3n) is 5.40. The minimum absolute atomic E-state index is 0. The largest absolute Gasteiger partial charge is 0.382 e. The number of halogens is 2. The van der Waals surface area contributed by atoms with E-state index in [9.17, 15) is 0 Å². The first-order valence-electron chi connectivity index (χ1n) is 9.79. The molecule has 3 rings (SSSR count). The predicted molar refractivity (Wildman–Crippen MR) is 129 cm³/mol. The molecule has 2 heterocycles. The molecule has 0 aromatic carbocycles. The maximum atomic E-state index is 5.61. The quantitative estimate of drug-likeness (QED) is 0.217.